The fraction of sp³-hybridized carbons (Fsp3) is 0.238. The Labute approximate surface area is 177 Å². The van der Waals surface area contributed by atoms with Crippen molar-refractivity contribution in [2.45, 2.75) is 26.8 Å². The lowest BCUT2D eigenvalue weighted by Gasteiger charge is -2.20. The molecule has 0 aliphatic heterocycles. The van der Waals surface area contributed by atoms with Crippen LogP contribution in [0.2, 0.25) is 0 Å². The van der Waals surface area contributed by atoms with Gasteiger partial charge in [-0.3, -0.25) is 14.4 Å². The van der Waals surface area contributed by atoms with Crippen molar-refractivity contribution in [3.8, 4) is 11.3 Å². The third-order valence-corrected chi connectivity index (χ3v) is 4.97. The summed E-state index contributed by atoms with van der Waals surface area (Å²) >= 11 is 1.29. The van der Waals surface area contributed by atoms with Crippen molar-refractivity contribution < 1.29 is 18.8 Å². The van der Waals surface area contributed by atoms with Crippen LogP contribution in [-0.4, -0.2) is 28.7 Å². The van der Waals surface area contributed by atoms with Gasteiger partial charge in [0.1, 0.15) is 6.04 Å². The van der Waals surface area contributed by atoms with E-state index in [-0.39, 0.29) is 23.5 Å². The number of anilines is 2. The first-order valence-electron chi connectivity index (χ1n) is 9.32. The summed E-state index contributed by atoms with van der Waals surface area (Å²) in [5.74, 6) is -0.933. The molecular weight excluding hydrogens is 404 g/mol. The number of furan rings is 1. The number of thiazole rings is 1. The lowest BCUT2D eigenvalue weighted by Crippen LogP contribution is -2.47. The zero-order valence-corrected chi connectivity index (χ0v) is 17.6. The second-order valence-electron chi connectivity index (χ2n) is 6.96. The maximum absolute atomic E-state index is 12.7. The molecule has 1 aromatic carbocycles. The molecule has 0 fully saturated rings. The smallest absolute Gasteiger partial charge is 0.287 e. The molecule has 0 radical (unpaired) electrons. The van der Waals surface area contributed by atoms with Gasteiger partial charge in [0.2, 0.25) is 11.8 Å². The monoisotopic (exact) mass is 426 g/mol. The molecule has 3 rings (SSSR count). The van der Waals surface area contributed by atoms with E-state index in [2.05, 4.69) is 20.9 Å². The van der Waals surface area contributed by atoms with Gasteiger partial charge in [0.15, 0.2) is 10.9 Å². The molecule has 156 valence electrons. The number of amides is 3. The molecule has 0 spiro atoms. The van der Waals surface area contributed by atoms with Crippen LogP contribution in [0, 0.1) is 5.92 Å². The van der Waals surface area contributed by atoms with Crippen LogP contribution < -0.4 is 16.0 Å². The summed E-state index contributed by atoms with van der Waals surface area (Å²) in [6, 6.07) is 9.65. The van der Waals surface area contributed by atoms with Gasteiger partial charge in [-0.1, -0.05) is 26.0 Å². The lowest BCUT2D eigenvalue weighted by atomic mass is 10.0. The molecule has 9 heteroatoms. The maximum atomic E-state index is 12.7. The predicted molar refractivity (Wildman–Crippen MR) is 115 cm³/mol. The molecule has 8 nitrogen and oxygen atoms in total. The molecule has 3 aromatic rings. The quantitative estimate of drug-likeness (QED) is 0.532. The van der Waals surface area contributed by atoms with Crippen LogP contribution >= 0.6 is 11.3 Å². The van der Waals surface area contributed by atoms with Gasteiger partial charge in [-0.2, -0.15) is 0 Å². The molecule has 0 aliphatic carbocycles. The van der Waals surface area contributed by atoms with Gasteiger partial charge >= 0.3 is 0 Å². The lowest BCUT2D eigenvalue weighted by molar-refractivity contribution is -0.119. The van der Waals surface area contributed by atoms with Crippen LogP contribution in [0.25, 0.3) is 11.3 Å². The number of carbonyl (C=O) groups is 3. The van der Waals surface area contributed by atoms with E-state index in [1.54, 1.807) is 18.2 Å². The van der Waals surface area contributed by atoms with E-state index < -0.39 is 11.9 Å². The normalized spacial score (nSPS) is 11.7. The first kappa shape index (κ1) is 21.3. The minimum atomic E-state index is -0.744. The van der Waals surface area contributed by atoms with Crippen LogP contribution in [0.1, 0.15) is 31.3 Å². The number of hydrogen-bond donors (Lipinski definition) is 3. The van der Waals surface area contributed by atoms with E-state index in [0.717, 1.165) is 5.56 Å². The summed E-state index contributed by atoms with van der Waals surface area (Å²) in [7, 11) is 0. The van der Waals surface area contributed by atoms with E-state index in [0.29, 0.717) is 16.5 Å². The summed E-state index contributed by atoms with van der Waals surface area (Å²) in [5.41, 5.74) is 2.25. The van der Waals surface area contributed by atoms with Gasteiger partial charge < -0.3 is 20.4 Å². The number of nitrogens with one attached hydrogen (secondary N) is 3. The maximum Gasteiger partial charge on any atom is 0.287 e. The van der Waals surface area contributed by atoms with Gasteiger partial charge in [-0.15, -0.1) is 11.3 Å². The zero-order chi connectivity index (χ0) is 21.7. The number of rotatable bonds is 7. The summed E-state index contributed by atoms with van der Waals surface area (Å²) in [6.45, 7) is 5.14. The van der Waals surface area contributed by atoms with Crippen molar-refractivity contribution in [2.24, 2.45) is 5.92 Å². The van der Waals surface area contributed by atoms with Crippen LogP contribution in [0.4, 0.5) is 10.8 Å². The summed E-state index contributed by atoms with van der Waals surface area (Å²) in [5, 5.41) is 10.4. The van der Waals surface area contributed by atoms with Gasteiger partial charge in [0, 0.05) is 23.6 Å². The Balaban J connectivity index is 1.66. The number of benzene rings is 1. The molecule has 3 N–H and O–H groups in total. The first-order chi connectivity index (χ1) is 14.3. The van der Waals surface area contributed by atoms with Crippen molar-refractivity contribution in [3.63, 3.8) is 0 Å². The first-order valence-corrected chi connectivity index (χ1v) is 10.2. The fourth-order valence-electron chi connectivity index (χ4n) is 2.73. The van der Waals surface area contributed by atoms with E-state index in [1.165, 1.54) is 30.6 Å². The van der Waals surface area contributed by atoms with Crippen molar-refractivity contribution >= 4 is 39.9 Å². The van der Waals surface area contributed by atoms with E-state index in [9.17, 15) is 14.4 Å². The third-order valence-electron chi connectivity index (χ3n) is 4.22. The predicted octanol–water partition coefficient (Wildman–Crippen LogP) is 3.75. The standard InChI is InChI=1S/C21H22N4O4S/c1-12(2)18(24-19(27)17-5-4-10-29-17)20(28)25-21-23-16(11-30-21)14-6-8-15(9-7-14)22-13(3)26/h4-12,18H,1-3H3,(H,22,26)(H,24,27)(H,23,25,28)/t18-/m0/s1. The number of nitrogens with zero attached hydrogens (tertiary/aromatic N) is 1. The molecule has 1 atom stereocenters. The fourth-order valence-corrected chi connectivity index (χ4v) is 3.45. The van der Waals surface area contributed by atoms with Crippen LogP contribution in [0.5, 0.6) is 0 Å². The van der Waals surface area contributed by atoms with E-state index in [1.807, 2.05) is 31.4 Å². The third kappa shape index (κ3) is 5.32. The average Bonchev–Trinajstić information content (AvgIpc) is 3.38. The zero-order valence-electron chi connectivity index (χ0n) is 16.8. The van der Waals surface area contributed by atoms with Crippen LogP contribution in [-0.2, 0) is 9.59 Å². The van der Waals surface area contributed by atoms with E-state index >= 15 is 0 Å². The molecule has 0 saturated carbocycles. The minimum Gasteiger partial charge on any atom is -0.459 e. The van der Waals surface area contributed by atoms with Crippen molar-refractivity contribution in [2.75, 3.05) is 10.6 Å². The molecule has 3 amide bonds. The Hall–Kier alpha value is -3.46. The van der Waals surface area contributed by atoms with Crippen LogP contribution in [0.3, 0.4) is 0 Å². The Morgan fingerprint density at radius 2 is 1.80 bits per heavy atom. The Kier molecular flexibility index (Phi) is 6.63. The summed E-state index contributed by atoms with van der Waals surface area (Å²) in [6.07, 6.45) is 1.40. The highest BCUT2D eigenvalue weighted by molar-refractivity contribution is 7.14. The second-order valence-corrected chi connectivity index (χ2v) is 7.82. The molecule has 2 aromatic heterocycles. The Morgan fingerprint density at radius 3 is 2.40 bits per heavy atom. The molecule has 0 aliphatic rings. The molecule has 0 bridgehead atoms. The van der Waals surface area contributed by atoms with Crippen molar-refractivity contribution in [1.82, 2.24) is 10.3 Å². The highest BCUT2D eigenvalue weighted by Gasteiger charge is 2.26. The topological polar surface area (TPSA) is 113 Å². The Morgan fingerprint density at radius 1 is 1.07 bits per heavy atom. The molecule has 0 unspecified atom stereocenters. The number of hydrogen-bond acceptors (Lipinski definition) is 6. The molecular formula is C21H22N4O4S. The van der Waals surface area contributed by atoms with E-state index in [4.69, 9.17) is 4.42 Å². The highest BCUT2D eigenvalue weighted by Crippen LogP contribution is 2.26. The average molecular weight is 426 g/mol. The van der Waals surface area contributed by atoms with Crippen molar-refractivity contribution in [1.29, 1.82) is 0 Å². The SMILES string of the molecule is CC(=O)Nc1ccc(-c2csc(NC(=O)[C@@H](NC(=O)c3ccco3)C(C)C)n2)cc1. The summed E-state index contributed by atoms with van der Waals surface area (Å²) < 4.78 is 5.08. The highest BCUT2D eigenvalue weighted by atomic mass is 32.1. The largest absolute Gasteiger partial charge is 0.459 e. The van der Waals surface area contributed by atoms with Gasteiger partial charge in [-0.05, 0) is 30.2 Å². The van der Waals surface area contributed by atoms with Crippen LogP contribution in [0.15, 0.2) is 52.5 Å². The van der Waals surface area contributed by atoms with Gasteiger partial charge in [-0.25, -0.2) is 4.98 Å². The summed E-state index contributed by atoms with van der Waals surface area (Å²) in [4.78, 5) is 40.5. The molecule has 2 heterocycles. The minimum absolute atomic E-state index is 0.135. The second kappa shape index (κ2) is 9.36. The van der Waals surface area contributed by atoms with Crippen molar-refractivity contribution in [3.05, 3.63) is 53.8 Å². The number of carbonyl (C=O) groups excluding carboxylic acids is 3. The molecule has 30 heavy (non-hydrogen) atoms. The Bertz CT molecular complexity index is 1030. The van der Waals surface area contributed by atoms with Gasteiger partial charge in [0.25, 0.3) is 5.91 Å². The van der Waals surface area contributed by atoms with Gasteiger partial charge in [0.05, 0.1) is 12.0 Å². The molecule has 0 saturated heterocycles. The number of aromatic nitrogens is 1.